The molecular weight excluding hydrogens is 384 g/mol. The van der Waals surface area contributed by atoms with Crippen molar-refractivity contribution >= 4 is 27.6 Å². The fraction of sp³-hybridized carbons (Fsp3) is 0.444. The molecule has 0 saturated carbocycles. The minimum atomic E-state index is -3.30. The van der Waals surface area contributed by atoms with E-state index in [2.05, 4.69) is 0 Å². The van der Waals surface area contributed by atoms with Crippen LogP contribution in [-0.4, -0.2) is 57.2 Å². The number of esters is 1. The topological polar surface area (TPSA) is 132 Å². The van der Waals surface area contributed by atoms with Crippen LogP contribution in [0.3, 0.4) is 0 Å². The number of nitrogens with zero attached hydrogens (tertiary/aromatic N) is 4. The van der Waals surface area contributed by atoms with Crippen molar-refractivity contribution in [1.29, 1.82) is 10.5 Å². The van der Waals surface area contributed by atoms with Gasteiger partial charge in [-0.05, 0) is 30.7 Å². The van der Waals surface area contributed by atoms with Gasteiger partial charge in [0.25, 0.3) is 5.91 Å². The molecule has 1 aromatic rings. The van der Waals surface area contributed by atoms with Crippen LogP contribution < -0.4 is 4.31 Å². The van der Waals surface area contributed by atoms with Crippen LogP contribution in [0.5, 0.6) is 0 Å². The summed E-state index contributed by atoms with van der Waals surface area (Å²) in [7, 11) is -3.30. The van der Waals surface area contributed by atoms with Gasteiger partial charge in [0.15, 0.2) is 6.61 Å². The molecular formula is C18H20N4O5S. The lowest BCUT2D eigenvalue weighted by atomic mass is 10.2. The molecule has 1 heterocycles. The molecule has 0 aromatic heterocycles. The van der Waals surface area contributed by atoms with E-state index in [4.69, 9.17) is 15.3 Å². The van der Waals surface area contributed by atoms with E-state index in [0.29, 0.717) is 18.7 Å². The second-order valence-electron chi connectivity index (χ2n) is 6.06. The Morgan fingerprint density at radius 1 is 1.11 bits per heavy atom. The van der Waals surface area contributed by atoms with Crippen molar-refractivity contribution in [2.24, 2.45) is 0 Å². The largest absolute Gasteiger partial charge is 0.452 e. The van der Waals surface area contributed by atoms with Crippen LogP contribution in [0.4, 0.5) is 5.69 Å². The molecule has 9 nitrogen and oxygen atoms in total. The maximum Gasteiger partial charge on any atom is 0.338 e. The second-order valence-corrected chi connectivity index (χ2v) is 8.07. The minimum absolute atomic E-state index is 0.104. The highest BCUT2D eigenvalue weighted by molar-refractivity contribution is 7.93. The highest BCUT2D eigenvalue weighted by Gasteiger charge is 2.28. The third-order valence-corrected chi connectivity index (χ3v) is 6.03. The van der Waals surface area contributed by atoms with E-state index in [1.54, 1.807) is 0 Å². The third-order valence-electron chi connectivity index (χ3n) is 4.16. The zero-order valence-electron chi connectivity index (χ0n) is 15.2. The molecule has 0 bridgehead atoms. The number of anilines is 1. The lowest BCUT2D eigenvalue weighted by molar-refractivity contribution is -0.134. The maximum atomic E-state index is 12.1. The maximum absolute atomic E-state index is 12.1. The second kappa shape index (κ2) is 9.72. The predicted molar refractivity (Wildman–Crippen MR) is 99.5 cm³/mol. The van der Waals surface area contributed by atoms with Gasteiger partial charge in [-0.15, -0.1) is 0 Å². The highest BCUT2D eigenvalue weighted by Crippen LogP contribution is 2.24. The summed E-state index contributed by atoms with van der Waals surface area (Å²) in [6.45, 7) is 0.223. The van der Waals surface area contributed by atoms with Crippen LogP contribution in [0.1, 0.15) is 29.6 Å². The number of rotatable bonds is 8. The molecule has 0 unspecified atom stereocenters. The Hall–Kier alpha value is -3.11. The first kappa shape index (κ1) is 21.2. The summed E-state index contributed by atoms with van der Waals surface area (Å²) < 4.78 is 30.2. The molecule has 0 atom stereocenters. The van der Waals surface area contributed by atoms with Crippen molar-refractivity contribution in [3.8, 4) is 12.1 Å². The summed E-state index contributed by atoms with van der Waals surface area (Å²) in [6.07, 6.45) is 0.792. The molecule has 1 aromatic carbocycles. The van der Waals surface area contributed by atoms with Gasteiger partial charge in [-0.2, -0.15) is 10.5 Å². The van der Waals surface area contributed by atoms with Crippen LogP contribution in [-0.2, 0) is 19.6 Å². The number of ether oxygens (including phenoxy) is 1. The number of hydrogen-bond acceptors (Lipinski definition) is 7. The summed E-state index contributed by atoms with van der Waals surface area (Å²) in [4.78, 5) is 25.6. The quantitative estimate of drug-likeness (QED) is 0.591. The predicted octanol–water partition coefficient (Wildman–Crippen LogP) is 1.04. The van der Waals surface area contributed by atoms with Crippen molar-refractivity contribution in [2.75, 3.05) is 36.3 Å². The highest BCUT2D eigenvalue weighted by atomic mass is 32.2. The molecule has 0 N–H and O–H groups in total. The van der Waals surface area contributed by atoms with Gasteiger partial charge in [0.1, 0.15) is 0 Å². The van der Waals surface area contributed by atoms with Gasteiger partial charge in [0.05, 0.1) is 42.0 Å². The average Bonchev–Trinajstić information content (AvgIpc) is 3.05. The van der Waals surface area contributed by atoms with Crippen molar-refractivity contribution in [3.63, 3.8) is 0 Å². The summed E-state index contributed by atoms with van der Waals surface area (Å²) in [5, 5.41) is 17.3. The lowest BCUT2D eigenvalue weighted by Crippen LogP contribution is -2.36. The molecule has 0 aliphatic carbocycles. The van der Waals surface area contributed by atoms with E-state index < -0.39 is 28.5 Å². The van der Waals surface area contributed by atoms with E-state index in [-0.39, 0.29) is 37.2 Å². The van der Waals surface area contributed by atoms with Gasteiger partial charge < -0.3 is 9.64 Å². The van der Waals surface area contributed by atoms with E-state index in [9.17, 15) is 18.0 Å². The Kier molecular flexibility index (Phi) is 7.36. The van der Waals surface area contributed by atoms with Crippen LogP contribution in [0.2, 0.25) is 0 Å². The summed E-state index contributed by atoms with van der Waals surface area (Å²) in [5.41, 5.74) is 0.665. The van der Waals surface area contributed by atoms with Gasteiger partial charge in [-0.1, -0.05) is 0 Å². The fourth-order valence-corrected chi connectivity index (χ4v) is 4.29. The first-order valence-electron chi connectivity index (χ1n) is 8.68. The zero-order chi connectivity index (χ0) is 20.6. The molecule has 1 fully saturated rings. The van der Waals surface area contributed by atoms with Crippen LogP contribution in [0.15, 0.2) is 24.3 Å². The van der Waals surface area contributed by atoms with E-state index >= 15 is 0 Å². The Morgan fingerprint density at radius 3 is 2.21 bits per heavy atom. The lowest BCUT2D eigenvalue weighted by Gasteiger charge is -2.20. The van der Waals surface area contributed by atoms with E-state index in [1.807, 2.05) is 12.1 Å². The summed E-state index contributed by atoms with van der Waals surface area (Å²) in [5.74, 6) is -1.10. The Labute approximate surface area is 163 Å². The summed E-state index contributed by atoms with van der Waals surface area (Å²) in [6, 6.07) is 9.78. The molecule has 0 spiro atoms. The Morgan fingerprint density at radius 2 is 1.71 bits per heavy atom. The average molecular weight is 404 g/mol. The Balaban J connectivity index is 1.94. The number of carbonyl (C=O) groups excluding carboxylic acids is 2. The normalized spacial score (nSPS) is 14.7. The van der Waals surface area contributed by atoms with E-state index in [0.717, 1.165) is 0 Å². The van der Waals surface area contributed by atoms with Crippen LogP contribution in [0.25, 0.3) is 0 Å². The molecule has 1 amide bonds. The molecule has 2 rings (SSSR count). The number of nitriles is 2. The number of amides is 1. The number of hydrogen-bond donors (Lipinski definition) is 0. The van der Waals surface area contributed by atoms with Gasteiger partial charge in [-0.25, -0.2) is 13.2 Å². The molecule has 28 heavy (non-hydrogen) atoms. The summed E-state index contributed by atoms with van der Waals surface area (Å²) >= 11 is 0. The van der Waals surface area contributed by atoms with Crippen molar-refractivity contribution in [1.82, 2.24) is 4.90 Å². The number of benzene rings is 1. The standard InChI is InChI=1S/C18H20N4O5S/c19-8-1-10-21(11-2-9-20)17(23)14-27-18(24)15-4-6-16(7-5-15)22-12-3-13-28(22,25)26/h4-7H,1-3,10-14H2. The van der Waals surface area contributed by atoms with Gasteiger partial charge in [0.2, 0.25) is 10.0 Å². The first-order valence-corrected chi connectivity index (χ1v) is 10.3. The van der Waals surface area contributed by atoms with Crippen molar-refractivity contribution in [2.45, 2.75) is 19.3 Å². The van der Waals surface area contributed by atoms with Crippen LogP contribution >= 0.6 is 0 Å². The smallest absolute Gasteiger partial charge is 0.338 e. The SMILES string of the molecule is N#CCCN(CCC#N)C(=O)COC(=O)c1ccc(N2CCCS2(=O)=O)cc1. The molecule has 1 saturated heterocycles. The number of sulfonamides is 1. The van der Waals surface area contributed by atoms with Gasteiger partial charge >= 0.3 is 5.97 Å². The molecule has 1 aliphatic heterocycles. The van der Waals surface area contributed by atoms with Gasteiger partial charge in [0, 0.05) is 19.6 Å². The van der Waals surface area contributed by atoms with E-state index in [1.165, 1.54) is 33.5 Å². The van der Waals surface area contributed by atoms with Crippen molar-refractivity contribution < 1.29 is 22.7 Å². The van der Waals surface area contributed by atoms with Gasteiger partial charge in [-0.3, -0.25) is 9.10 Å². The third kappa shape index (κ3) is 5.44. The molecule has 0 radical (unpaired) electrons. The minimum Gasteiger partial charge on any atom is -0.452 e. The van der Waals surface area contributed by atoms with Crippen molar-refractivity contribution in [3.05, 3.63) is 29.8 Å². The first-order chi connectivity index (χ1) is 13.4. The van der Waals surface area contributed by atoms with Crippen LogP contribution in [0, 0.1) is 22.7 Å². The number of carbonyl (C=O) groups is 2. The molecule has 148 valence electrons. The zero-order valence-corrected chi connectivity index (χ0v) is 16.0. The molecule has 10 heteroatoms. The molecule has 1 aliphatic rings. The Bertz CT molecular complexity index is 881. The fourth-order valence-electron chi connectivity index (χ4n) is 2.73. The monoisotopic (exact) mass is 404 g/mol.